The Hall–Kier alpha value is -2.73. The number of benzene rings is 2. The number of amides is 2. The Bertz CT molecular complexity index is 882. The molecular formula is C22H24FN3O2. The van der Waals surface area contributed by atoms with Gasteiger partial charge in [-0.05, 0) is 53.8 Å². The fourth-order valence-electron chi connectivity index (χ4n) is 3.94. The first-order valence-corrected chi connectivity index (χ1v) is 9.74. The van der Waals surface area contributed by atoms with Crippen molar-refractivity contribution in [3.8, 4) is 0 Å². The van der Waals surface area contributed by atoms with Gasteiger partial charge in [0.2, 0.25) is 5.91 Å². The molecule has 1 atom stereocenters. The lowest BCUT2D eigenvalue weighted by molar-refractivity contribution is -0.126. The minimum atomic E-state index is -0.366. The Morgan fingerprint density at radius 3 is 2.71 bits per heavy atom. The second-order valence-corrected chi connectivity index (χ2v) is 7.52. The number of nitrogens with zero attached hydrogens (tertiary/aromatic N) is 1. The van der Waals surface area contributed by atoms with Crippen LogP contribution in [0.5, 0.6) is 0 Å². The molecule has 2 aliphatic heterocycles. The zero-order valence-corrected chi connectivity index (χ0v) is 15.7. The number of fused-ring (bicyclic) bond motifs is 1. The zero-order valence-electron chi connectivity index (χ0n) is 15.7. The molecule has 2 N–H and O–H groups in total. The summed E-state index contributed by atoms with van der Waals surface area (Å²) in [5.74, 6) is -0.747. The molecule has 0 aromatic heterocycles. The highest BCUT2D eigenvalue weighted by Crippen LogP contribution is 2.20. The molecule has 1 saturated heterocycles. The summed E-state index contributed by atoms with van der Waals surface area (Å²) in [6.07, 6.45) is 1.56. The standard InChI is InChI=1S/C22H24FN3O2/c23-20-7-5-16(6-8-20)22(28)26-9-1-2-18(14-26)21(27)25-11-15-3-4-17-12-24-13-19(17)10-15/h3-8,10,18,24H,1-2,9,11-14H2,(H,25,27). The van der Waals surface area contributed by atoms with E-state index >= 15 is 0 Å². The van der Waals surface area contributed by atoms with Gasteiger partial charge in [0.05, 0.1) is 5.92 Å². The number of halogens is 1. The summed E-state index contributed by atoms with van der Waals surface area (Å²) < 4.78 is 13.1. The molecule has 1 fully saturated rings. The highest BCUT2D eigenvalue weighted by Gasteiger charge is 2.28. The molecule has 0 bridgehead atoms. The highest BCUT2D eigenvalue weighted by atomic mass is 19.1. The van der Waals surface area contributed by atoms with E-state index in [0.717, 1.165) is 31.5 Å². The minimum absolute atomic E-state index is 0.0183. The number of piperidine rings is 1. The number of likely N-dealkylation sites (tertiary alicyclic amines) is 1. The van der Waals surface area contributed by atoms with Crippen LogP contribution in [0.15, 0.2) is 42.5 Å². The van der Waals surface area contributed by atoms with Crippen LogP contribution in [0, 0.1) is 11.7 Å². The summed E-state index contributed by atoms with van der Waals surface area (Å²) in [5.41, 5.74) is 4.15. The maximum Gasteiger partial charge on any atom is 0.253 e. The van der Waals surface area contributed by atoms with E-state index in [1.165, 1.54) is 35.4 Å². The van der Waals surface area contributed by atoms with Crippen LogP contribution in [-0.4, -0.2) is 29.8 Å². The first-order valence-electron chi connectivity index (χ1n) is 9.74. The normalized spacial score (nSPS) is 18.6. The summed E-state index contributed by atoms with van der Waals surface area (Å²) in [7, 11) is 0. The lowest BCUT2D eigenvalue weighted by Gasteiger charge is -2.32. The fourth-order valence-corrected chi connectivity index (χ4v) is 3.94. The van der Waals surface area contributed by atoms with Gasteiger partial charge in [-0.2, -0.15) is 0 Å². The van der Waals surface area contributed by atoms with Crippen molar-refractivity contribution >= 4 is 11.8 Å². The van der Waals surface area contributed by atoms with Gasteiger partial charge in [-0.25, -0.2) is 4.39 Å². The Balaban J connectivity index is 1.34. The summed E-state index contributed by atoms with van der Waals surface area (Å²) in [4.78, 5) is 27.0. The molecule has 2 aromatic rings. The molecule has 5 nitrogen and oxygen atoms in total. The Kier molecular flexibility index (Phi) is 5.39. The van der Waals surface area contributed by atoms with E-state index < -0.39 is 0 Å². The third kappa shape index (κ3) is 4.07. The van der Waals surface area contributed by atoms with E-state index in [4.69, 9.17) is 0 Å². The first kappa shape index (κ1) is 18.6. The molecule has 1 unspecified atom stereocenters. The van der Waals surface area contributed by atoms with Crippen LogP contribution in [-0.2, 0) is 24.4 Å². The Morgan fingerprint density at radius 2 is 1.89 bits per heavy atom. The summed E-state index contributed by atoms with van der Waals surface area (Å²) in [6, 6.07) is 11.9. The number of hydrogen-bond donors (Lipinski definition) is 2. The zero-order chi connectivity index (χ0) is 19.5. The van der Waals surface area contributed by atoms with Crippen molar-refractivity contribution in [1.29, 1.82) is 0 Å². The van der Waals surface area contributed by atoms with Crippen molar-refractivity contribution in [2.75, 3.05) is 13.1 Å². The number of hydrogen-bond acceptors (Lipinski definition) is 3. The van der Waals surface area contributed by atoms with Crippen molar-refractivity contribution in [2.24, 2.45) is 5.92 Å². The average Bonchev–Trinajstić information content (AvgIpc) is 3.20. The number of carbonyl (C=O) groups is 2. The molecule has 6 heteroatoms. The third-order valence-electron chi connectivity index (χ3n) is 5.54. The molecule has 2 aliphatic rings. The van der Waals surface area contributed by atoms with E-state index in [2.05, 4.69) is 28.8 Å². The second kappa shape index (κ2) is 8.10. The van der Waals surface area contributed by atoms with Gasteiger partial charge in [-0.1, -0.05) is 18.2 Å². The molecule has 28 heavy (non-hydrogen) atoms. The number of carbonyl (C=O) groups excluding carboxylic acids is 2. The minimum Gasteiger partial charge on any atom is -0.352 e. The van der Waals surface area contributed by atoms with E-state index in [1.54, 1.807) is 4.90 Å². The van der Waals surface area contributed by atoms with Crippen molar-refractivity contribution in [3.63, 3.8) is 0 Å². The number of nitrogens with one attached hydrogen (secondary N) is 2. The molecule has 2 amide bonds. The Morgan fingerprint density at radius 1 is 1.11 bits per heavy atom. The van der Waals surface area contributed by atoms with E-state index in [1.807, 2.05) is 0 Å². The van der Waals surface area contributed by atoms with E-state index in [9.17, 15) is 14.0 Å². The maximum atomic E-state index is 13.1. The van der Waals surface area contributed by atoms with Gasteiger partial charge in [-0.3, -0.25) is 9.59 Å². The fraction of sp³-hybridized carbons (Fsp3) is 0.364. The molecule has 4 rings (SSSR count). The summed E-state index contributed by atoms with van der Waals surface area (Å²) >= 11 is 0. The first-order chi connectivity index (χ1) is 13.6. The predicted octanol–water partition coefficient (Wildman–Crippen LogP) is 2.60. The molecule has 0 radical (unpaired) electrons. The van der Waals surface area contributed by atoms with Gasteiger partial charge < -0.3 is 15.5 Å². The van der Waals surface area contributed by atoms with Gasteiger partial charge in [0.1, 0.15) is 5.82 Å². The summed E-state index contributed by atoms with van der Waals surface area (Å²) in [6.45, 7) is 3.30. The van der Waals surface area contributed by atoms with Crippen molar-refractivity contribution in [1.82, 2.24) is 15.5 Å². The molecule has 2 aromatic carbocycles. The molecule has 0 aliphatic carbocycles. The molecule has 0 saturated carbocycles. The largest absolute Gasteiger partial charge is 0.352 e. The quantitative estimate of drug-likeness (QED) is 0.856. The van der Waals surface area contributed by atoms with Crippen LogP contribution in [0.2, 0.25) is 0 Å². The van der Waals surface area contributed by atoms with Crippen LogP contribution in [0.4, 0.5) is 4.39 Å². The Labute approximate surface area is 163 Å². The van der Waals surface area contributed by atoms with Crippen LogP contribution in [0.3, 0.4) is 0 Å². The number of rotatable bonds is 4. The average molecular weight is 381 g/mol. The van der Waals surface area contributed by atoms with Gasteiger partial charge in [0.15, 0.2) is 0 Å². The maximum absolute atomic E-state index is 13.1. The van der Waals surface area contributed by atoms with Crippen molar-refractivity contribution in [3.05, 3.63) is 70.5 Å². The monoisotopic (exact) mass is 381 g/mol. The SMILES string of the molecule is O=C(NCc1ccc2c(c1)CNC2)C1CCCN(C(=O)c2ccc(F)cc2)C1. The van der Waals surface area contributed by atoms with Crippen molar-refractivity contribution < 1.29 is 14.0 Å². The van der Waals surface area contributed by atoms with Crippen LogP contribution < -0.4 is 10.6 Å². The lowest BCUT2D eigenvalue weighted by atomic mass is 9.96. The van der Waals surface area contributed by atoms with Crippen LogP contribution >= 0.6 is 0 Å². The topological polar surface area (TPSA) is 61.4 Å². The molecule has 146 valence electrons. The molecular weight excluding hydrogens is 357 g/mol. The highest BCUT2D eigenvalue weighted by molar-refractivity contribution is 5.94. The lowest BCUT2D eigenvalue weighted by Crippen LogP contribution is -2.45. The smallest absolute Gasteiger partial charge is 0.253 e. The van der Waals surface area contributed by atoms with Crippen molar-refractivity contribution in [2.45, 2.75) is 32.5 Å². The van der Waals surface area contributed by atoms with E-state index in [-0.39, 0.29) is 23.5 Å². The van der Waals surface area contributed by atoms with E-state index in [0.29, 0.717) is 25.2 Å². The van der Waals surface area contributed by atoms with Gasteiger partial charge >= 0.3 is 0 Å². The predicted molar refractivity (Wildman–Crippen MR) is 104 cm³/mol. The van der Waals surface area contributed by atoms with Gasteiger partial charge in [0.25, 0.3) is 5.91 Å². The van der Waals surface area contributed by atoms with Crippen LogP contribution in [0.25, 0.3) is 0 Å². The van der Waals surface area contributed by atoms with Gasteiger partial charge in [0, 0.05) is 38.3 Å². The summed E-state index contributed by atoms with van der Waals surface area (Å²) in [5, 5.41) is 6.34. The second-order valence-electron chi connectivity index (χ2n) is 7.52. The third-order valence-corrected chi connectivity index (χ3v) is 5.54. The molecule has 2 heterocycles. The van der Waals surface area contributed by atoms with Crippen LogP contribution in [0.1, 0.15) is 39.9 Å². The van der Waals surface area contributed by atoms with Gasteiger partial charge in [-0.15, -0.1) is 0 Å². The molecule has 0 spiro atoms.